The van der Waals surface area contributed by atoms with Crippen LogP contribution in [0.4, 0.5) is 0 Å². The van der Waals surface area contributed by atoms with Gasteiger partial charge in [0, 0.05) is 6.54 Å². The summed E-state index contributed by atoms with van der Waals surface area (Å²) in [6, 6.07) is 18.6. The Kier molecular flexibility index (Phi) is 10.7. The van der Waals surface area contributed by atoms with Crippen molar-refractivity contribution in [3.8, 4) is 0 Å². The minimum atomic E-state index is -3.98. The second-order valence-corrected chi connectivity index (χ2v) is 11.7. The van der Waals surface area contributed by atoms with Crippen molar-refractivity contribution >= 4 is 19.5 Å². The molecule has 1 N–H and O–H groups in total. The van der Waals surface area contributed by atoms with Crippen molar-refractivity contribution in [2.75, 3.05) is 12.7 Å². The minimum Gasteiger partial charge on any atom is -0.459 e. The number of nitrogens with zero attached hydrogens (tertiary/aromatic N) is 1. The molecule has 2 aromatic rings. The number of hydrogen-bond acceptors (Lipinski definition) is 5. The molecule has 8 heteroatoms. The number of esters is 1. The van der Waals surface area contributed by atoms with E-state index < -0.39 is 31.6 Å². The Balaban J connectivity index is 1.57. The predicted molar refractivity (Wildman–Crippen MR) is 139 cm³/mol. The molecule has 196 valence electrons. The summed E-state index contributed by atoms with van der Waals surface area (Å²) in [5, 5.41) is 0. The van der Waals surface area contributed by atoms with Gasteiger partial charge in [0.15, 0.2) is 0 Å². The van der Waals surface area contributed by atoms with E-state index in [0.717, 1.165) is 18.4 Å². The average Bonchev–Trinajstić information content (AvgIpc) is 3.35. The number of benzene rings is 2. The van der Waals surface area contributed by atoms with Crippen LogP contribution in [0.3, 0.4) is 0 Å². The number of hydrogen-bond donors (Lipinski definition) is 1. The van der Waals surface area contributed by atoms with Crippen LogP contribution in [-0.4, -0.2) is 46.5 Å². The highest BCUT2D eigenvalue weighted by molar-refractivity contribution is 7.52. The molecule has 0 radical (unpaired) electrons. The van der Waals surface area contributed by atoms with E-state index >= 15 is 0 Å². The monoisotopic (exact) mass is 515 g/mol. The van der Waals surface area contributed by atoms with Gasteiger partial charge in [-0.15, -0.1) is 0 Å². The summed E-state index contributed by atoms with van der Waals surface area (Å²) in [4.78, 5) is 38.2. The molecular weight excluding hydrogens is 477 g/mol. The molecule has 0 spiro atoms. The topological polar surface area (TPSA) is 93.1 Å². The normalized spacial score (nSPS) is 18.1. The summed E-state index contributed by atoms with van der Waals surface area (Å²) in [5.74, 6) is -0.800. The number of rotatable bonds is 13. The van der Waals surface area contributed by atoms with E-state index in [9.17, 15) is 19.0 Å². The highest BCUT2D eigenvalue weighted by Crippen LogP contribution is 2.45. The van der Waals surface area contributed by atoms with Crippen LogP contribution in [0.5, 0.6) is 0 Å². The molecule has 7 nitrogen and oxygen atoms in total. The maximum absolute atomic E-state index is 13.4. The second kappa shape index (κ2) is 13.7. The summed E-state index contributed by atoms with van der Waals surface area (Å²) in [7, 11) is -3.98. The number of amides is 1. The van der Waals surface area contributed by atoms with E-state index in [-0.39, 0.29) is 18.7 Å². The summed E-state index contributed by atoms with van der Waals surface area (Å²) >= 11 is 0. The number of ether oxygens (including phenoxy) is 1. The first-order chi connectivity index (χ1) is 17.2. The maximum Gasteiger partial charge on any atom is 0.329 e. The van der Waals surface area contributed by atoms with Crippen molar-refractivity contribution in [1.82, 2.24) is 4.90 Å². The smallest absolute Gasteiger partial charge is 0.329 e. The minimum absolute atomic E-state index is 0.00967. The fourth-order valence-corrected chi connectivity index (χ4v) is 5.74. The molecule has 1 aliphatic heterocycles. The fraction of sp³-hybridized carbons (Fsp3) is 0.500. The van der Waals surface area contributed by atoms with Crippen LogP contribution in [0, 0.1) is 5.92 Å². The molecule has 2 aromatic carbocycles. The van der Waals surface area contributed by atoms with E-state index in [4.69, 9.17) is 9.26 Å². The van der Waals surface area contributed by atoms with Crippen LogP contribution in [0.1, 0.15) is 57.1 Å². The molecule has 0 bridgehead atoms. The Hall–Kier alpha value is -2.47. The molecule has 1 saturated heterocycles. The van der Waals surface area contributed by atoms with E-state index in [0.29, 0.717) is 32.2 Å². The zero-order chi connectivity index (χ0) is 26.0. The summed E-state index contributed by atoms with van der Waals surface area (Å²) < 4.78 is 24.0. The Labute approximate surface area is 214 Å². The Morgan fingerprint density at radius 1 is 1.03 bits per heavy atom. The van der Waals surface area contributed by atoms with E-state index in [2.05, 4.69) is 0 Å². The molecular formula is C28H38NO6P. The van der Waals surface area contributed by atoms with Crippen LogP contribution >= 0.6 is 7.60 Å². The largest absolute Gasteiger partial charge is 0.459 e. The molecule has 3 rings (SSSR count). The highest BCUT2D eigenvalue weighted by atomic mass is 31.2. The van der Waals surface area contributed by atoms with Gasteiger partial charge in [0.05, 0.1) is 6.16 Å². The van der Waals surface area contributed by atoms with Gasteiger partial charge in [0.1, 0.15) is 18.8 Å². The van der Waals surface area contributed by atoms with Crippen molar-refractivity contribution in [1.29, 1.82) is 0 Å². The molecule has 0 aromatic heterocycles. The summed E-state index contributed by atoms with van der Waals surface area (Å²) in [6.07, 6.45) is 2.48. The molecule has 1 heterocycles. The highest BCUT2D eigenvalue weighted by Gasteiger charge is 2.40. The van der Waals surface area contributed by atoms with E-state index in [1.165, 1.54) is 10.5 Å². The lowest BCUT2D eigenvalue weighted by atomic mass is 10.0. The Morgan fingerprint density at radius 3 is 2.31 bits per heavy atom. The van der Waals surface area contributed by atoms with Gasteiger partial charge in [-0.3, -0.25) is 13.9 Å². The van der Waals surface area contributed by atoms with Gasteiger partial charge < -0.3 is 14.5 Å². The average molecular weight is 516 g/mol. The molecule has 36 heavy (non-hydrogen) atoms. The van der Waals surface area contributed by atoms with E-state index in [1.54, 1.807) is 0 Å². The lowest BCUT2D eigenvalue weighted by molar-refractivity contribution is -0.157. The number of aryl methyl sites for hydroxylation is 1. The number of carbonyl (C=O) groups is 2. The third kappa shape index (κ3) is 8.88. The van der Waals surface area contributed by atoms with E-state index in [1.807, 2.05) is 74.5 Å². The van der Waals surface area contributed by atoms with Crippen LogP contribution in [0.25, 0.3) is 0 Å². The molecule has 0 aliphatic carbocycles. The molecule has 1 amide bonds. The number of carbonyl (C=O) groups excluding carboxylic acids is 2. The van der Waals surface area contributed by atoms with Crippen LogP contribution in [0.2, 0.25) is 0 Å². The summed E-state index contributed by atoms with van der Waals surface area (Å²) in [6.45, 7) is 4.40. The molecule has 3 atom stereocenters. The van der Waals surface area contributed by atoms with Crippen LogP contribution in [-0.2, 0) is 36.4 Å². The van der Waals surface area contributed by atoms with Crippen molar-refractivity contribution in [2.45, 2.75) is 71.1 Å². The predicted octanol–water partition coefficient (Wildman–Crippen LogP) is 5.36. The fourth-order valence-electron chi connectivity index (χ4n) is 4.44. The Morgan fingerprint density at radius 2 is 1.67 bits per heavy atom. The third-order valence-electron chi connectivity index (χ3n) is 6.28. The molecule has 1 unspecified atom stereocenters. The van der Waals surface area contributed by atoms with Gasteiger partial charge in [-0.25, -0.2) is 4.79 Å². The second-order valence-electron chi connectivity index (χ2n) is 9.81. The zero-order valence-corrected chi connectivity index (χ0v) is 22.1. The van der Waals surface area contributed by atoms with Crippen molar-refractivity contribution < 1.29 is 28.3 Å². The van der Waals surface area contributed by atoms with Crippen LogP contribution < -0.4 is 0 Å². The van der Waals surface area contributed by atoms with Gasteiger partial charge in [-0.05, 0) is 55.6 Å². The van der Waals surface area contributed by atoms with Gasteiger partial charge in [0.2, 0.25) is 0 Å². The van der Waals surface area contributed by atoms with Gasteiger partial charge >= 0.3 is 13.6 Å². The van der Waals surface area contributed by atoms with Crippen molar-refractivity contribution in [3.05, 3.63) is 71.8 Å². The van der Waals surface area contributed by atoms with Gasteiger partial charge in [-0.2, -0.15) is 0 Å². The lowest BCUT2D eigenvalue weighted by Gasteiger charge is -2.29. The third-order valence-corrected chi connectivity index (χ3v) is 7.75. The first-order valence-corrected chi connectivity index (χ1v) is 14.6. The lowest BCUT2D eigenvalue weighted by Crippen LogP contribution is -2.47. The van der Waals surface area contributed by atoms with Gasteiger partial charge in [0.25, 0.3) is 5.91 Å². The maximum atomic E-state index is 13.4. The zero-order valence-electron chi connectivity index (χ0n) is 21.3. The standard InChI is InChI=1S/C28H38NO6P/c1-22(2)20-26(35-36(32,33)19-10-9-14-23-12-5-3-6-13-23)27(30)29-18-11-17-25(29)28(31)34-21-24-15-7-4-8-16-24/h3-8,12-13,15-16,22,25-26H,9-11,14,17-21H2,1-2H3,(H,32,33)/t25-,26-/m0/s1. The Bertz CT molecular complexity index is 1010. The molecule has 0 saturated carbocycles. The first kappa shape index (κ1) is 28.1. The van der Waals surface area contributed by atoms with Crippen molar-refractivity contribution in [2.24, 2.45) is 5.92 Å². The number of unbranched alkanes of at least 4 members (excludes halogenated alkanes) is 1. The molecule has 1 fully saturated rings. The molecule has 1 aliphatic rings. The van der Waals surface area contributed by atoms with Gasteiger partial charge in [-0.1, -0.05) is 74.5 Å². The van der Waals surface area contributed by atoms with Crippen molar-refractivity contribution in [3.63, 3.8) is 0 Å². The SMILES string of the molecule is CC(C)C[C@H](OP(=O)(O)CCCCc1ccccc1)C(=O)N1CCC[C@H]1C(=O)OCc1ccccc1. The summed E-state index contributed by atoms with van der Waals surface area (Å²) in [5.41, 5.74) is 2.05. The van der Waals surface area contributed by atoms with Crippen LogP contribution in [0.15, 0.2) is 60.7 Å². The number of likely N-dealkylation sites (tertiary alicyclic amines) is 1. The first-order valence-electron chi connectivity index (χ1n) is 12.8. The quantitative estimate of drug-likeness (QED) is 0.219.